The number of benzene rings is 2. The Balaban J connectivity index is 1.66. The van der Waals surface area contributed by atoms with Crippen molar-refractivity contribution in [2.75, 3.05) is 26.6 Å². The SMILES string of the molecule is COc1ccc(C[NH+](C)Cn2nc(Nc3ccccc3OC)sc2=S)cc1. The predicted molar refractivity (Wildman–Crippen MR) is 111 cm³/mol. The molecule has 0 radical (unpaired) electrons. The van der Waals surface area contributed by atoms with E-state index in [1.807, 2.05) is 41.1 Å². The molecule has 0 amide bonds. The zero-order valence-corrected chi connectivity index (χ0v) is 17.2. The maximum Gasteiger partial charge on any atom is 0.209 e. The van der Waals surface area contributed by atoms with E-state index in [2.05, 4.69) is 29.6 Å². The van der Waals surface area contributed by atoms with Gasteiger partial charge in [-0.15, -0.1) is 5.10 Å². The van der Waals surface area contributed by atoms with Crippen LogP contribution in [-0.4, -0.2) is 31.0 Å². The summed E-state index contributed by atoms with van der Waals surface area (Å²) in [6.45, 7) is 1.56. The quantitative estimate of drug-likeness (QED) is 0.566. The third-order valence-corrected chi connectivity index (χ3v) is 5.26. The molecule has 1 unspecified atom stereocenters. The number of aromatic nitrogens is 2. The number of nitrogens with one attached hydrogen (secondary N) is 2. The highest BCUT2D eigenvalue weighted by Gasteiger charge is 2.11. The fourth-order valence-corrected chi connectivity index (χ4v) is 3.74. The summed E-state index contributed by atoms with van der Waals surface area (Å²) in [6, 6.07) is 15.9. The van der Waals surface area contributed by atoms with Gasteiger partial charge in [0.1, 0.15) is 18.0 Å². The van der Waals surface area contributed by atoms with Crippen LogP contribution >= 0.6 is 23.6 Å². The molecule has 8 heteroatoms. The van der Waals surface area contributed by atoms with Gasteiger partial charge in [-0.2, -0.15) is 4.68 Å². The Bertz CT molecular complexity index is 937. The van der Waals surface area contributed by atoms with Crippen LogP contribution in [0.3, 0.4) is 0 Å². The molecule has 0 aliphatic rings. The lowest BCUT2D eigenvalue weighted by atomic mass is 10.2. The van der Waals surface area contributed by atoms with Gasteiger partial charge in [-0.3, -0.25) is 0 Å². The van der Waals surface area contributed by atoms with E-state index in [1.165, 1.54) is 21.8 Å². The zero-order chi connectivity index (χ0) is 19.2. The van der Waals surface area contributed by atoms with E-state index in [0.717, 1.165) is 32.8 Å². The highest BCUT2D eigenvalue weighted by atomic mass is 32.1. The fraction of sp³-hybridized carbons (Fsp3) is 0.263. The largest absolute Gasteiger partial charge is 0.497 e. The van der Waals surface area contributed by atoms with Crippen molar-refractivity contribution in [2.24, 2.45) is 0 Å². The van der Waals surface area contributed by atoms with E-state index in [0.29, 0.717) is 6.67 Å². The van der Waals surface area contributed by atoms with Gasteiger partial charge in [0.25, 0.3) is 0 Å². The number of hydrogen-bond acceptors (Lipinski definition) is 6. The van der Waals surface area contributed by atoms with Crippen LogP contribution in [0.25, 0.3) is 0 Å². The van der Waals surface area contributed by atoms with Crippen LogP contribution in [-0.2, 0) is 13.2 Å². The summed E-state index contributed by atoms with van der Waals surface area (Å²) in [7, 11) is 5.45. The minimum atomic E-state index is 0.689. The third kappa shape index (κ3) is 5.06. The first kappa shape index (κ1) is 19.3. The van der Waals surface area contributed by atoms with Crippen LogP contribution in [0.1, 0.15) is 5.56 Å². The Hall–Kier alpha value is -2.42. The summed E-state index contributed by atoms with van der Waals surface area (Å²) >= 11 is 6.94. The maximum atomic E-state index is 5.48. The van der Waals surface area contributed by atoms with Crippen LogP contribution in [0.4, 0.5) is 10.8 Å². The average molecular weight is 404 g/mol. The van der Waals surface area contributed by atoms with E-state index >= 15 is 0 Å². The Kier molecular flexibility index (Phi) is 6.44. The van der Waals surface area contributed by atoms with E-state index in [9.17, 15) is 0 Å². The molecule has 0 spiro atoms. The standard InChI is InChI=1S/C19H22N4O2S2/c1-22(12-14-8-10-15(24-2)11-9-14)13-23-19(26)27-18(21-23)20-16-6-4-5-7-17(16)25-3/h4-11H,12-13H2,1-3H3,(H,20,21)/p+1. The topological polar surface area (TPSA) is 52.8 Å². The Morgan fingerprint density at radius 3 is 2.56 bits per heavy atom. The lowest BCUT2D eigenvalue weighted by Crippen LogP contribution is -3.07. The first-order valence-corrected chi connectivity index (χ1v) is 9.73. The van der Waals surface area contributed by atoms with Gasteiger partial charge < -0.3 is 19.7 Å². The summed E-state index contributed by atoms with van der Waals surface area (Å²) < 4.78 is 13.2. The highest BCUT2D eigenvalue weighted by molar-refractivity contribution is 7.73. The molecule has 1 atom stereocenters. The van der Waals surface area contributed by atoms with Gasteiger partial charge >= 0.3 is 0 Å². The van der Waals surface area contributed by atoms with Gasteiger partial charge in [-0.1, -0.05) is 23.5 Å². The third-order valence-electron chi connectivity index (χ3n) is 4.04. The first-order valence-electron chi connectivity index (χ1n) is 8.51. The molecule has 0 fully saturated rings. The van der Waals surface area contributed by atoms with Crippen molar-refractivity contribution in [3.8, 4) is 11.5 Å². The van der Waals surface area contributed by atoms with Crippen molar-refractivity contribution in [1.82, 2.24) is 9.78 Å². The van der Waals surface area contributed by atoms with Crippen molar-refractivity contribution in [3.05, 3.63) is 58.0 Å². The van der Waals surface area contributed by atoms with Crippen molar-refractivity contribution in [1.29, 1.82) is 0 Å². The summed E-state index contributed by atoms with van der Waals surface area (Å²) in [5.74, 6) is 1.64. The van der Waals surface area contributed by atoms with Crippen LogP contribution in [0.2, 0.25) is 0 Å². The lowest BCUT2D eigenvalue weighted by Gasteiger charge is -2.14. The highest BCUT2D eigenvalue weighted by Crippen LogP contribution is 2.28. The van der Waals surface area contributed by atoms with Crippen molar-refractivity contribution in [3.63, 3.8) is 0 Å². The monoisotopic (exact) mass is 403 g/mol. The molecule has 3 rings (SSSR count). The Morgan fingerprint density at radius 2 is 1.85 bits per heavy atom. The smallest absolute Gasteiger partial charge is 0.209 e. The minimum Gasteiger partial charge on any atom is -0.497 e. The van der Waals surface area contributed by atoms with Gasteiger partial charge in [0, 0.05) is 5.56 Å². The van der Waals surface area contributed by atoms with Crippen molar-refractivity contribution >= 4 is 34.4 Å². The molecule has 1 aromatic heterocycles. The molecule has 27 heavy (non-hydrogen) atoms. The molecule has 0 aliphatic carbocycles. The van der Waals surface area contributed by atoms with Crippen molar-refractivity contribution < 1.29 is 14.4 Å². The van der Waals surface area contributed by atoms with E-state index in [-0.39, 0.29) is 0 Å². The zero-order valence-electron chi connectivity index (χ0n) is 15.6. The molecule has 0 aliphatic heterocycles. The van der Waals surface area contributed by atoms with Gasteiger partial charge in [-0.25, -0.2) is 0 Å². The molecule has 2 aromatic carbocycles. The lowest BCUT2D eigenvalue weighted by molar-refractivity contribution is -0.917. The molecule has 142 valence electrons. The Labute approximate surface area is 168 Å². The first-order chi connectivity index (χ1) is 13.1. The number of para-hydroxylation sites is 2. The van der Waals surface area contributed by atoms with Crippen LogP contribution < -0.4 is 19.7 Å². The van der Waals surface area contributed by atoms with Crippen LogP contribution in [0.5, 0.6) is 11.5 Å². The molecule has 2 N–H and O–H groups in total. The summed E-state index contributed by atoms with van der Waals surface area (Å²) in [5, 5.41) is 8.66. The average Bonchev–Trinajstić information content (AvgIpc) is 3.01. The summed E-state index contributed by atoms with van der Waals surface area (Å²) in [6.07, 6.45) is 0. The minimum absolute atomic E-state index is 0.689. The molecule has 0 saturated carbocycles. The van der Waals surface area contributed by atoms with Crippen LogP contribution in [0.15, 0.2) is 48.5 Å². The van der Waals surface area contributed by atoms with Crippen LogP contribution in [0, 0.1) is 3.95 Å². The van der Waals surface area contributed by atoms with Crippen molar-refractivity contribution in [2.45, 2.75) is 13.2 Å². The van der Waals surface area contributed by atoms with Gasteiger partial charge in [-0.05, 0) is 48.6 Å². The Morgan fingerprint density at radius 1 is 1.11 bits per heavy atom. The molecule has 0 bridgehead atoms. The number of rotatable bonds is 8. The second-order valence-corrected chi connectivity index (χ2v) is 7.76. The number of ether oxygens (including phenoxy) is 2. The summed E-state index contributed by atoms with van der Waals surface area (Å²) in [5.41, 5.74) is 2.11. The normalized spacial score (nSPS) is 11.8. The van der Waals surface area contributed by atoms with Gasteiger partial charge in [0.15, 0.2) is 10.6 Å². The number of quaternary nitrogens is 1. The molecule has 1 heterocycles. The molecule has 6 nitrogen and oxygen atoms in total. The second-order valence-electron chi connectivity index (χ2n) is 6.14. The number of anilines is 2. The predicted octanol–water partition coefficient (Wildman–Crippen LogP) is 3.11. The molecular weight excluding hydrogens is 380 g/mol. The molecular formula is C19H23N4O2S2+. The number of nitrogens with zero attached hydrogens (tertiary/aromatic N) is 2. The number of methoxy groups -OCH3 is 2. The van der Waals surface area contributed by atoms with E-state index in [1.54, 1.807) is 14.2 Å². The van der Waals surface area contributed by atoms with E-state index in [4.69, 9.17) is 21.7 Å². The number of hydrogen-bond donors (Lipinski definition) is 2. The molecule has 3 aromatic rings. The maximum absolute atomic E-state index is 5.48. The molecule has 0 saturated heterocycles. The van der Waals surface area contributed by atoms with E-state index < -0.39 is 0 Å². The second kappa shape index (κ2) is 8.98. The summed E-state index contributed by atoms with van der Waals surface area (Å²) in [4.78, 5) is 1.28. The fourth-order valence-electron chi connectivity index (χ4n) is 2.72. The van der Waals surface area contributed by atoms with Gasteiger partial charge in [0.05, 0.1) is 27.0 Å². The van der Waals surface area contributed by atoms with Gasteiger partial charge in [0.2, 0.25) is 5.13 Å².